The summed E-state index contributed by atoms with van der Waals surface area (Å²) in [5.74, 6) is 0.335. The van der Waals surface area contributed by atoms with Crippen molar-refractivity contribution in [1.82, 2.24) is 15.3 Å². The Labute approximate surface area is 93.7 Å². The first-order valence-electron chi connectivity index (χ1n) is 4.94. The van der Waals surface area contributed by atoms with Gasteiger partial charge >= 0.3 is 0 Å². The summed E-state index contributed by atoms with van der Waals surface area (Å²) in [6, 6.07) is 0. The molecule has 0 aliphatic heterocycles. The van der Waals surface area contributed by atoms with E-state index in [9.17, 15) is 9.59 Å². The van der Waals surface area contributed by atoms with Gasteiger partial charge in [0.2, 0.25) is 11.9 Å². The van der Waals surface area contributed by atoms with Gasteiger partial charge in [0.15, 0.2) is 6.29 Å². The highest BCUT2D eigenvalue weighted by molar-refractivity contribution is 5.80. The number of aldehydes is 1. The van der Waals surface area contributed by atoms with Crippen LogP contribution < -0.4 is 10.2 Å². The average molecular weight is 222 g/mol. The molecule has 1 aromatic rings. The van der Waals surface area contributed by atoms with Crippen LogP contribution in [0, 0.1) is 0 Å². The van der Waals surface area contributed by atoms with Crippen molar-refractivity contribution in [2.45, 2.75) is 6.92 Å². The summed E-state index contributed by atoms with van der Waals surface area (Å²) in [6.45, 7) is 2.72. The molecule has 0 aliphatic carbocycles. The lowest BCUT2D eigenvalue weighted by Gasteiger charge is -2.19. The van der Waals surface area contributed by atoms with Gasteiger partial charge in [0, 0.05) is 26.0 Å². The van der Waals surface area contributed by atoms with Crippen LogP contribution >= 0.6 is 0 Å². The van der Waals surface area contributed by atoms with Crippen LogP contribution in [-0.4, -0.2) is 42.3 Å². The van der Waals surface area contributed by atoms with E-state index in [1.165, 1.54) is 12.4 Å². The van der Waals surface area contributed by atoms with Crippen LogP contribution in [0.5, 0.6) is 0 Å². The third kappa shape index (κ3) is 3.01. The number of aromatic nitrogens is 2. The molecule has 6 nitrogen and oxygen atoms in total. The summed E-state index contributed by atoms with van der Waals surface area (Å²) in [7, 11) is 1.58. The van der Waals surface area contributed by atoms with Crippen molar-refractivity contribution < 1.29 is 9.59 Å². The van der Waals surface area contributed by atoms with Crippen molar-refractivity contribution in [1.29, 1.82) is 0 Å². The first-order chi connectivity index (χ1) is 7.71. The van der Waals surface area contributed by atoms with E-state index in [-0.39, 0.29) is 12.5 Å². The topological polar surface area (TPSA) is 75.2 Å². The van der Waals surface area contributed by atoms with Gasteiger partial charge in [-0.25, -0.2) is 9.97 Å². The van der Waals surface area contributed by atoms with Crippen LogP contribution in [0.1, 0.15) is 17.3 Å². The number of nitrogens with one attached hydrogen (secondary N) is 1. The number of anilines is 1. The number of hydrogen-bond donors (Lipinski definition) is 1. The molecule has 1 aromatic heterocycles. The number of amides is 1. The van der Waals surface area contributed by atoms with Gasteiger partial charge in [-0.2, -0.15) is 0 Å². The highest BCUT2D eigenvalue weighted by Crippen LogP contribution is 2.05. The highest BCUT2D eigenvalue weighted by atomic mass is 16.2. The van der Waals surface area contributed by atoms with Gasteiger partial charge in [-0.3, -0.25) is 9.59 Å². The monoisotopic (exact) mass is 222 g/mol. The molecule has 1 amide bonds. The predicted molar refractivity (Wildman–Crippen MR) is 59.4 cm³/mol. The fourth-order valence-electron chi connectivity index (χ4n) is 1.13. The maximum atomic E-state index is 11.2. The lowest BCUT2D eigenvalue weighted by molar-refractivity contribution is -0.119. The van der Waals surface area contributed by atoms with Gasteiger partial charge in [0.25, 0.3) is 0 Å². The third-order valence-corrected chi connectivity index (χ3v) is 2.07. The smallest absolute Gasteiger partial charge is 0.239 e. The van der Waals surface area contributed by atoms with Crippen molar-refractivity contribution in [2.24, 2.45) is 0 Å². The van der Waals surface area contributed by atoms with E-state index < -0.39 is 0 Å². The normalized spacial score (nSPS) is 9.62. The fourth-order valence-corrected chi connectivity index (χ4v) is 1.13. The number of likely N-dealkylation sites (N-methyl/N-ethyl adjacent to an activating group) is 2. The Morgan fingerprint density at radius 3 is 2.56 bits per heavy atom. The maximum Gasteiger partial charge on any atom is 0.239 e. The van der Waals surface area contributed by atoms with E-state index in [1.54, 1.807) is 11.9 Å². The minimum absolute atomic E-state index is 0.107. The van der Waals surface area contributed by atoms with E-state index >= 15 is 0 Å². The summed E-state index contributed by atoms with van der Waals surface area (Å²) >= 11 is 0. The lowest BCUT2D eigenvalue weighted by Crippen LogP contribution is -2.36. The molecule has 0 aliphatic rings. The van der Waals surface area contributed by atoms with Gasteiger partial charge in [0.05, 0.1) is 12.1 Å². The van der Waals surface area contributed by atoms with Gasteiger partial charge in [0.1, 0.15) is 0 Å². The van der Waals surface area contributed by atoms with E-state index in [1.807, 2.05) is 6.92 Å². The Morgan fingerprint density at radius 1 is 1.50 bits per heavy atom. The maximum absolute atomic E-state index is 11.2. The third-order valence-electron chi connectivity index (χ3n) is 2.07. The van der Waals surface area contributed by atoms with E-state index in [0.29, 0.717) is 24.3 Å². The molecule has 0 unspecified atom stereocenters. The zero-order chi connectivity index (χ0) is 12.0. The van der Waals surface area contributed by atoms with Gasteiger partial charge in [-0.15, -0.1) is 0 Å². The van der Waals surface area contributed by atoms with Crippen LogP contribution in [0.25, 0.3) is 0 Å². The van der Waals surface area contributed by atoms with Crippen molar-refractivity contribution in [2.75, 3.05) is 25.0 Å². The van der Waals surface area contributed by atoms with Crippen LogP contribution in [0.2, 0.25) is 0 Å². The zero-order valence-corrected chi connectivity index (χ0v) is 9.30. The highest BCUT2D eigenvalue weighted by Gasteiger charge is 2.10. The lowest BCUT2D eigenvalue weighted by atomic mass is 10.4. The molecule has 0 aromatic carbocycles. The molecule has 6 heteroatoms. The molecule has 0 bridgehead atoms. The van der Waals surface area contributed by atoms with Crippen molar-refractivity contribution in [3.05, 3.63) is 18.0 Å². The molecule has 0 saturated heterocycles. The molecule has 0 spiro atoms. The predicted octanol–water partition coefficient (Wildman–Crippen LogP) is -0.139. The number of rotatable bonds is 5. The Balaban J connectivity index is 2.78. The second-order valence-corrected chi connectivity index (χ2v) is 3.12. The Kier molecular flexibility index (Phi) is 4.38. The number of carbonyl (C=O) groups excluding carboxylic acids is 2. The molecule has 1 N–H and O–H groups in total. The van der Waals surface area contributed by atoms with E-state index in [0.717, 1.165) is 0 Å². The molecule has 0 atom stereocenters. The van der Waals surface area contributed by atoms with Crippen molar-refractivity contribution in [3.8, 4) is 0 Å². The molecule has 0 fully saturated rings. The SMILES string of the molecule is CCN(CC(=O)NC)c1ncc(C=O)cn1. The molecule has 1 rings (SSSR count). The summed E-state index contributed by atoms with van der Waals surface area (Å²) in [4.78, 5) is 31.4. The Hall–Kier alpha value is -1.98. The Bertz CT molecular complexity index is 364. The zero-order valence-electron chi connectivity index (χ0n) is 9.30. The quantitative estimate of drug-likeness (QED) is 0.702. The van der Waals surface area contributed by atoms with Crippen molar-refractivity contribution >= 4 is 18.1 Å². The Morgan fingerprint density at radius 2 is 2.12 bits per heavy atom. The summed E-state index contributed by atoms with van der Waals surface area (Å²) in [5.41, 5.74) is 0.416. The van der Waals surface area contributed by atoms with Gasteiger partial charge in [-0.1, -0.05) is 0 Å². The van der Waals surface area contributed by atoms with E-state index in [4.69, 9.17) is 0 Å². The first kappa shape index (κ1) is 12.1. The van der Waals surface area contributed by atoms with E-state index in [2.05, 4.69) is 15.3 Å². The second-order valence-electron chi connectivity index (χ2n) is 3.12. The summed E-state index contributed by atoms with van der Waals surface area (Å²) in [6.07, 6.45) is 3.54. The van der Waals surface area contributed by atoms with Crippen LogP contribution in [0.15, 0.2) is 12.4 Å². The average Bonchev–Trinajstić information content (AvgIpc) is 2.35. The molecular weight excluding hydrogens is 208 g/mol. The molecule has 16 heavy (non-hydrogen) atoms. The van der Waals surface area contributed by atoms with Crippen LogP contribution in [0.4, 0.5) is 5.95 Å². The minimum Gasteiger partial charge on any atom is -0.358 e. The summed E-state index contributed by atoms with van der Waals surface area (Å²) in [5, 5.41) is 2.53. The first-order valence-corrected chi connectivity index (χ1v) is 4.94. The largest absolute Gasteiger partial charge is 0.358 e. The van der Waals surface area contributed by atoms with Gasteiger partial charge < -0.3 is 10.2 Å². The molecule has 0 saturated carbocycles. The van der Waals surface area contributed by atoms with Gasteiger partial charge in [-0.05, 0) is 6.92 Å². The van der Waals surface area contributed by atoms with Crippen LogP contribution in [0.3, 0.4) is 0 Å². The van der Waals surface area contributed by atoms with Crippen molar-refractivity contribution in [3.63, 3.8) is 0 Å². The summed E-state index contributed by atoms with van der Waals surface area (Å²) < 4.78 is 0. The molecular formula is C10H14N4O2. The molecule has 1 heterocycles. The minimum atomic E-state index is -0.107. The number of hydrogen-bond acceptors (Lipinski definition) is 5. The number of nitrogens with zero attached hydrogens (tertiary/aromatic N) is 3. The molecule has 0 radical (unpaired) electrons. The number of carbonyl (C=O) groups is 2. The molecule has 86 valence electrons. The standard InChI is InChI=1S/C10H14N4O2/c1-3-14(6-9(16)11-2)10-12-4-8(7-15)5-13-10/h4-5,7H,3,6H2,1-2H3,(H,11,16). The fraction of sp³-hybridized carbons (Fsp3) is 0.400. The van der Waals surface area contributed by atoms with Crippen LogP contribution in [-0.2, 0) is 4.79 Å². The second kappa shape index (κ2) is 5.79.